The number of anilines is 2. The summed E-state index contributed by atoms with van der Waals surface area (Å²) in [6.45, 7) is 0. The van der Waals surface area contributed by atoms with Gasteiger partial charge in [0.15, 0.2) is 0 Å². The van der Waals surface area contributed by atoms with Crippen molar-refractivity contribution < 1.29 is 4.79 Å². The minimum atomic E-state index is -0.0558. The molecule has 4 heteroatoms. The highest BCUT2D eigenvalue weighted by Gasteiger charge is 2.23. The predicted octanol–water partition coefficient (Wildman–Crippen LogP) is 4.01. The zero-order valence-electron chi connectivity index (χ0n) is 11.9. The lowest BCUT2D eigenvalue weighted by molar-refractivity contribution is -0.110. The Balaban J connectivity index is 2.00. The van der Waals surface area contributed by atoms with Gasteiger partial charge < -0.3 is 10.2 Å². The predicted molar refractivity (Wildman–Crippen MR) is 91.4 cm³/mol. The van der Waals surface area contributed by atoms with Crippen molar-refractivity contribution in [3.63, 3.8) is 0 Å². The molecular formula is C17H15BrN2O. The Kier molecular flexibility index (Phi) is 3.55. The van der Waals surface area contributed by atoms with Crippen LogP contribution in [0, 0.1) is 0 Å². The summed E-state index contributed by atoms with van der Waals surface area (Å²) < 4.78 is 0.964. The van der Waals surface area contributed by atoms with E-state index in [-0.39, 0.29) is 5.91 Å². The molecule has 2 aromatic rings. The van der Waals surface area contributed by atoms with E-state index < -0.39 is 0 Å². The zero-order chi connectivity index (χ0) is 15.0. The van der Waals surface area contributed by atoms with Crippen LogP contribution in [0.1, 0.15) is 11.1 Å². The third kappa shape index (κ3) is 2.72. The quantitative estimate of drug-likeness (QED) is 0.836. The fraction of sp³-hybridized carbons (Fsp3) is 0.118. The van der Waals surface area contributed by atoms with E-state index in [0.717, 1.165) is 27.0 Å². The lowest BCUT2D eigenvalue weighted by Crippen LogP contribution is -2.08. The van der Waals surface area contributed by atoms with Gasteiger partial charge in [-0.25, -0.2) is 0 Å². The van der Waals surface area contributed by atoms with Crippen LogP contribution >= 0.6 is 15.9 Å². The average molecular weight is 343 g/mol. The van der Waals surface area contributed by atoms with Crippen LogP contribution in [0.4, 0.5) is 11.4 Å². The van der Waals surface area contributed by atoms with Crippen molar-refractivity contribution in [1.82, 2.24) is 0 Å². The molecule has 0 radical (unpaired) electrons. The minimum absolute atomic E-state index is 0.0558. The Hall–Kier alpha value is -2.07. The molecule has 0 unspecified atom stereocenters. The van der Waals surface area contributed by atoms with E-state index in [1.54, 1.807) is 0 Å². The first-order valence-electron chi connectivity index (χ1n) is 6.65. The SMILES string of the molecule is CN(C)c1ccc(/C=C2/C(=O)Nc3ccc(Br)cc32)cc1. The van der Waals surface area contributed by atoms with E-state index in [9.17, 15) is 4.79 Å². The summed E-state index contributed by atoms with van der Waals surface area (Å²) >= 11 is 3.45. The maximum Gasteiger partial charge on any atom is 0.256 e. The molecule has 1 N–H and O–H groups in total. The molecule has 0 atom stereocenters. The van der Waals surface area contributed by atoms with Crippen molar-refractivity contribution in [2.45, 2.75) is 0 Å². The second-order valence-corrected chi connectivity index (χ2v) is 6.10. The van der Waals surface area contributed by atoms with Gasteiger partial charge in [-0.3, -0.25) is 4.79 Å². The van der Waals surface area contributed by atoms with Crippen molar-refractivity contribution in [2.75, 3.05) is 24.3 Å². The standard InChI is InChI=1S/C17H15BrN2O/c1-20(2)13-6-3-11(4-7-13)9-15-14-10-12(18)5-8-16(14)19-17(15)21/h3-10H,1-2H3,(H,19,21)/b15-9+. The van der Waals surface area contributed by atoms with Crippen LogP contribution in [-0.4, -0.2) is 20.0 Å². The number of amides is 1. The maximum atomic E-state index is 12.1. The fourth-order valence-corrected chi connectivity index (χ4v) is 2.70. The van der Waals surface area contributed by atoms with Crippen LogP contribution in [0.3, 0.4) is 0 Å². The first kappa shape index (κ1) is 13.9. The minimum Gasteiger partial charge on any atom is -0.378 e. The third-order valence-electron chi connectivity index (χ3n) is 3.49. The Morgan fingerprint density at radius 1 is 1.10 bits per heavy atom. The first-order chi connectivity index (χ1) is 10.0. The van der Waals surface area contributed by atoms with E-state index in [4.69, 9.17) is 0 Å². The average Bonchev–Trinajstić information content (AvgIpc) is 2.76. The number of hydrogen-bond donors (Lipinski definition) is 1. The number of rotatable bonds is 2. The van der Waals surface area contributed by atoms with E-state index in [1.807, 2.05) is 67.5 Å². The summed E-state index contributed by atoms with van der Waals surface area (Å²) in [6.07, 6.45) is 1.92. The molecule has 21 heavy (non-hydrogen) atoms. The zero-order valence-corrected chi connectivity index (χ0v) is 13.4. The Labute approximate surface area is 132 Å². The van der Waals surface area contributed by atoms with Crippen molar-refractivity contribution in [2.24, 2.45) is 0 Å². The molecule has 0 saturated heterocycles. The second kappa shape index (κ2) is 5.37. The van der Waals surface area contributed by atoms with Gasteiger partial charge in [-0.05, 0) is 42.0 Å². The summed E-state index contributed by atoms with van der Waals surface area (Å²) in [5.41, 5.74) is 4.64. The van der Waals surface area contributed by atoms with E-state index in [0.29, 0.717) is 5.57 Å². The summed E-state index contributed by atoms with van der Waals surface area (Å²) in [6, 6.07) is 13.9. The van der Waals surface area contributed by atoms with Crippen LogP contribution in [0.15, 0.2) is 46.9 Å². The molecule has 0 saturated carbocycles. The summed E-state index contributed by atoms with van der Waals surface area (Å²) in [7, 11) is 4.01. The molecule has 0 spiro atoms. The number of fused-ring (bicyclic) bond motifs is 1. The smallest absolute Gasteiger partial charge is 0.256 e. The van der Waals surface area contributed by atoms with Crippen LogP contribution < -0.4 is 10.2 Å². The molecule has 3 rings (SSSR count). The van der Waals surface area contributed by atoms with Gasteiger partial charge in [0.1, 0.15) is 0 Å². The van der Waals surface area contributed by atoms with E-state index in [2.05, 4.69) is 21.2 Å². The molecule has 1 aliphatic heterocycles. The molecule has 0 aromatic heterocycles. The highest BCUT2D eigenvalue weighted by Crippen LogP contribution is 2.35. The van der Waals surface area contributed by atoms with Gasteiger partial charge in [-0.1, -0.05) is 28.1 Å². The van der Waals surface area contributed by atoms with Crippen molar-refractivity contribution in [3.05, 3.63) is 58.1 Å². The largest absolute Gasteiger partial charge is 0.378 e. The van der Waals surface area contributed by atoms with E-state index >= 15 is 0 Å². The first-order valence-corrected chi connectivity index (χ1v) is 7.44. The van der Waals surface area contributed by atoms with Gasteiger partial charge >= 0.3 is 0 Å². The van der Waals surface area contributed by atoms with Gasteiger partial charge in [0.05, 0.1) is 0 Å². The molecule has 0 fully saturated rings. The van der Waals surface area contributed by atoms with Crippen molar-refractivity contribution in [1.29, 1.82) is 0 Å². The number of nitrogens with zero attached hydrogens (tertiary/aromatic N) is 1. The van der Waals surface area contributed by atoms with Gasteiger partial charge in [-0.15, -0.1) is 0 Å². The second-order valence-electron chi connectivity index (χ2n) is 5.19. The topological polar surface area (TPSA) is 32.3 Å². The van der Waals surface area contributed by atoms with Crippen molar-refractivity contribution in [3.8, 4) is 0 Å². The van der Waals surface area contributed by atoms with E-state index in [1.165, 1.54) is 0 Å². The van der Waals surface area contributed by atoms with Crippen LogP contribution in [0.25, 0.3) is 11.6 Å². The number of nitrogens with one attached hydrogen (secondary N) is 1. The molecule has 3 nitrogen and oxygen atoms in total. The number of benzene rings is 2. The molecule has 1 heterocycles. The molecule has 106 valence electrons. The maximum absolute atomic E-state index is 12.1. The normalized spacial score (nSPS) is 15.0. The molecule has 0 aliphatic carbocycles. The van der Waals surface area contributed by atoms with Gasteiger partial charge in [0.25, 0.3) is 5.91 Å². The summed E-state index contributed by atoms with van der Waals surface area (Å²) in [5.74, 6) is -0.0558. The van der Waals surface area contributed by atoms with Crippen LogP contribution in [-0.2, 0) is 4.79 Å². The molecule has 1 aliphatic rings. The number of carbonyl (C=O) groups is 1. The lowest BCUT2D eigenvalue weighted by atomic mass is 10.0. The summed E-state index contributed by atoms with van der Waals surface area (Å²) in [4.78, 5) is 14.2. The number of halogens is 1. The highest BCUT2D eigenvalue weighted by molar-refractivity contribution is 9.10. The molecule has 0 bridgehead atoms. The van der Waals surface area contributed by atoms with Crippen LogP contribution in [0.2, 0.25) is 0 Å². The monoisotopic (exact) mass is 342 g/mol. The van der Waals surface area contributed by atoms with Crippen molar-refractivity contribution >= 4 is 44.9 Å². The highest BCUT2D eigenvalue weighted by atomic mass is 79.9. The Bertz CT molecular complexity index is 733. The molecular weight excluding hydrogens is 328 g/mol. The molecule has 2 aromatic carbocycles. The van der Waals surface area contributed by atoms with Gasteiger partial charge in [0.2, 0.25) is 0 Å². The lowest BCUT2D eigenvalue weighted by Gasteiger charge is -2.11. The molecule has 1 amide bonds. The fourth-order valence-electron chi connectivity index (χ4n) is 2.34. The Morgan fingerprint density at radius 3 is 2.48 bits per heavy atom. The number of carbonyl (C=O) groups excluding carboxylic acids is 1. The third-order valence-corrected chi connectivity index (χ3v) is 3.98. The number of hydrogen-bond acceptors (Lipinski definition) is 2. The summed E-state index contributed by atoms with van der Waals surface area (Å²) in [5, 5.41) is 2.89. The Morgan fingerprint density at radius 2 is 1.81 bits per heavy atom. The van der Waals surface area contributed by atoms with Crippen LogP contribution in [0.5, 0.6) is 0 Å². The van der Waals surface area contributed by atoms with Gasteiger partial charge in [-0.2, -0.15) is 0 Å². The van der Waals surface area contributed by atoms with Gasteiger partial charge in [0, 0.05) is 41.1 Å².